The lowest BCUT2D eigenvalue weighted by Crippen LogP contribution is -1.99. The van der Waals surface area contributed by atoms with Gasteiger partial charge in [-0.2, -0.15) is 0 Å². The van der Waals surface area contributed by atoms with E-state index in [1.165, 1.54) is 38.5 Å². The van der Waals surface area contributed by atoms with Gasteiger partial charge >= 0.3 is 0 Å². The predicted molar refractivity (Wildman–Crippen MR) is 69.6 cm³/mol. The van der Waals surface area contributed by atoms with Gasteiger partial charge in [0.05, 0.1) is 0 Å². The van der Waals surface area contributed by atoms with Crippen molar-refractivity contribution in [3.63, 3.8) is 0 Å². The Hall–Kier alpha value is -0.0800. The van der Waals surface area contributed by atoms with E-state index in [1.807, 2.05) is 0 Å². The third-order valence-electron chi connectivity index (χ3n) is 2.60. The topological polar surface area (TPSA) is 18.5 Å². The summed E-state index contributed by atoms with van der Waals surface area (Å²) in [7, 11) is 1.75. The van der Waals surface area contributed by atoms with Crippen LogP contribution in [0.4, 0.5) is 0 Å². The van der Waals surface area contributed by atoms with E-state index in [0.29, 0.717) is 0 Å². The van der Waals surface area contributed by atoms with Crippen LogP contribution in [0.1, 0.15) is 58.3 Å². The minimum Gasteiger partial charge on any atom is -0.385 e. The van der Waals surface area contributed by atoms with Gasteiger partial charge in [-0.05, 0) is 25.7 Å². The van der Waals surface area contributed by atoms with Crippen LogP contribution >= 0.6 is 0 Å². The lowest BCUT2D eigenvalue weighted by molar-refractivity contribution is 0.116. The van der Waals surface area contributed by atoms with Crippen LogP contribution in [0.25, 0.3) is 0 Å². The SMILES string of the molecule is CCCC[CH]CCCCOCCCCOC. The molecule has 0 saturated heterocycles. The summed E-state index contributed by atoms with van der Waals surface area (Å²) in [6, 6.07) is 0. The van der Waals surface area contributed by atoms with E-state index in [2.05, 4.69) is 13.3 Å². The Kier molecular flexibility index (Phi) is 14.8. The zero-order valence-electron chi connectivity index (χ0n) is 11.2. The first-order valence-corrected chi connectivity index (χ1v) is 6.80. The van der Waals surface area contributed by atoms with Gasteiger partial charge in [0, 0.05) is 26.9 Å². The van der Waals surface area contributed by atoms with Gasteiger partial charge < -0.3 is 9.47 Å². The van der Waals surface area contributed by atoms with E-state index >= 15 is 0 Å². The fourth-order valence-corrected chi connectivity index (χ4v) is 1.54. The third-order valence-corrected chi connectivity index (χ3v) is 2.60. The highest BCUT2D eigenvalue weighted by Crippen LogP contribution is 2.05. The molecule has 0 spiro atoms. The highest BCUT2D eigenvalue weighted by molar-refractivity contribution is 4.63. The molecule has 0 aromatic carbocycles. The molecule has 16 heavy (non-hydrogen) atoms. The molecule has 2 nitrogen and oxygen atoms in total. The molecule has 0 rings (SSSR count). The molecular weight excluding hydrogens is 200 g/mol. The summed E-state index contributed by atoms with van der Waals surface area (Å²) in [6.45, 7) is 4.92. The number of unbranched alkanes of at least 4 members (excludes halogenated alkanes) is 7. The van der Waals surface area contributed by atoms with Crippen molar-refractivity contribution in [1.29, 1.82) is 0 Å². The Morgan fingerprint density at radius 2 is 1.44 bits per heavy atom. The molecule has 97 valence electrons. The standard InChI is InChI=1S/C14H29O2/c1-3-4-5-6-7-8-9-13-16-14-11-10-12-15-2/h6H,3-5,7-14H2,1-2H3. The fraction of sp³-hybridized carbons (Fsp3) is 0.929. The smallest absolute Gasteiger partial charge is 0.0466 e. The Bertz CT molecular complexity index is 101. The van der Waals surface area contributed by atoms with E-state index in [9.17, 15) is 0 Å². The highest BCUT2D eigenvalue weighted by atomic mass is 16.5. The van der Waals surface area contributed by atoms with Crippen LogP contribution in [0.3, 0.4) is 0 Å². The Morgan fingerprint density at radius 1 is 0.812 bits per heavy atom. The molecule has 0 aliphatic carbocycles. The van der Waals surface area contributed by atoms with Crippen molar-refractivity contribution in [2.24, 2.45) is 0 Å². The second-order valence-electron chi connectivity index (χ2n) is 4.24. The minimum atomic E-state index is 0.857. The van der Waals surface area contributed by atoms with Crippen LogP contribution in [0.5, 0.6) is 0 Å². The number of hydrogen-bond acceptors (Lipinski definition) is 2. The molecule has 0 aromatic heterocycles. The number of hydrogen-bond donors (Lipinski definition) is 0. The molecule has 0 amide bonds. The summed E-state index contributed by atoms with van der Waals surface area (Å²) < 4.78 is 10.5. The first-order chi connectivity index (χ1) is 7.91. The molecule has 0 atom stereocenters. The van der Waals surface area contributed by atoms with Gasteiger partial charge in [-0.25, -0.2) is 0 Å². The minimum absolute atomic E-state index is 0.857. The van der Waals surface area contributed by atoms with Crippen molar-refractivity contribution < 1.29 is 9.47 Å². The summed E-state index contributed by atoms with van der Waals surface area (Å²) in [5.74, 6) is 0. The lowest BCUT2D eigenvalue weighted by Gasteiger charge is -2.04. The molecule has 0 N–H and O–H groups in total. The van der Waals surface area contributed by atoms with E-state index in [-0.39, 0.29) is 0 Å². The van der Waals surface area contributed by atoms with Gasteiger partial charge in [-0.15, -0.1) is 0 Å². The first-order valence-electron chi connectivity index (χ1n) is 6.80. The van der Waals surface area contributed by atoms with Gasteiger partial charge in [0.15, 0.2) is 0 Å². The molecule has 1 radical (unpaired) electrons. The van der Waals surface area contributed by atoms with Crippen molar-refractivity contribution in [3.8, 4) is 0 Å². The summed E-state index contributed by atoms with van der Waals surface area (Å²) in [5.41, 5.74) is 0. The second-order valence-corrected chi connectivity index (χ2v) is 4.24. The van der Waals surface area contributed by atoms with E-state index in [1.54, 1.807) is 7.11 Å². The monoisotopic (exact) mass is 229 g/mol. The van der Waals surface area contributed by atoms with E-state index < -0.39 is 0 Å². The zero-order chi connectivity index (χ0) is 11.9. The summed E-state index contributed by atoms with van der Waals surface area (Å²) in [5, 5.41) is 0. The molecule has 2 heteroatoms. The summed E-state index contributed by atoms with van der Waals surface area (Å²) in [4.78, 5) is 0. The van der Waals surface area contributed by atoms with Gasteiger partial charge in [0.1, 0.15) is 0 Å². The average molecular weight is 229 g/mol. The Morgan fingerprint density at radius 3 is 2.12 bits per heavy atom. The summed E-state index contributed by atoms with van der Waals surface area (Å²) in [6.07, 6.45) is 12.3. The van der Waals surface area contributed by atoms with Gasteiger partial charge in [-0.1, -0.05) is 39.0 Å². The van der Waals surface area contributed by atoms with Crippen LogP contribution < -0.4 is 0 Å². The van der Waals surface area contributed by atoms with E-state index in [4.69, 9.17) is 9.47 Å². The molecule has 0 aliphatic heterocycles. The normalized spacial score (nSPS) is 10.9. The number of rotatable bonds is 13. The molecule has 0 fully saturated rings. The molecule has 0 heterocycles. The zero-order valence-corrected chi connectivity index (χ0v) is 11.2. The van der Waals surface area contributed by atoms with Crippen LogP contribution in [-0.2, 0) is 9.47 Å². The highest BCUT2D eigenvalue weighted by Gasteiger charge is 1.92. The maximum absolute atomic E-state index is 5.54. The third kappa shape index (κ3) is 13.9. The molecule has 0 saturated carbocycles. The fourth-order valence-electron chi connectivity index (χ4n) is 1.54. The molecule has 0 bridgehead atoms. The largest absolute Gasteiger partial charge is 0.385 e. The quantitative estimate of drug-likeness (QED) is 0.444. The average Bonchev–Trinajstić information content (AvgIpc) is 2.31. The molecular formula is C14H29O2. The van der Waals surface area contributed by atoms with E-state index in [0.717, 1.165) is 32.7 Å². The maximum atomic E-state index is 5.54. The Balaban J connectivity index is 2.83. The maximum Gasteiger partial charge on any atom is 0.0466 e. The van der Waals surface area contributed by atoms with Gasteiger partial charge in [0.25, 0.3) is 0 Å². The van der Waals surface area contributed by atoms with Crippen LogP contribution in [0.2, 0.25) is 0 Å². The van der Waals surface area contributed by atoms with Crippen LogP contribution in [-0.4, -0.2) is 26.9 Å². The Labute approximate surface area is 102 Å². The van der Waals surface area contributed by atoms with Crippen LogP contribution in [0.15, 0.2) is 0 Å². The van der Waals surface area contributed by atoms with Crippen LogP contribution in [0, 0.1) is 6.42 Å². The molecule has 0 unspecified atom stereocenters. The van der Waals surface area contributed by atoms with Crippen molar-refractivity contribution in [2.75, 3.05) is 26.9 Å². The van der Waals surface area contributed by atoms with Gasteiger partial charge in [0.2, 0.25) is 0 Å². The molecule has 0 aliphatic rings. The number of methoxy groups -OCH3 is 1. The van der Waals surface area contributed by atoms with Crippen molar-refractivity contribution in [1.82, 2.24) is 0 Å². The summed E-state index contributed by atoms with van der Waals surface area (Å²) >= 11 is 0. The second kappa shape index (κ2) is 14.9. The predicted octanol–water partition coefficient (Wildman–Crippen LogP) is 3.99. The van der Waals surface area contributed by atoms with Crippen molar-refractivity contribution >= 4 is 0 Å². The van der Waals surface area contributed by atoms with Crippen molar-refractivity contribution in [3.05, 3.63) is 6.42 Å². The molecule has 0 aromatic rings. The first kappa shape index (κ1) is 15.9. The van der Waals surface area contributed by atoms with Crippen molar-refractivity contribution in [2.45, 2.75) is 58.3 Å². The number of ether oxygens (including phenoxy) is 2. The lowest BCUT2D eigenvalue weighted by atomic mass is 10.1. The van der Waals surface area contributed by atoms with Gasteiger partial charge in [-0.3, -0.25) is 0 Å².